The van der Waals surface area contributed by atoms with Crippen LogP contribution in [-0.2, 0) is 13.2 Å². The lowest BCUT2D eigenvalue weighted by Gasteiger charge is -2.06. The van der Waals surface area contributed by atoms with Gasteiger partial charge in [0.25, 0.3) is 0 Å². The minimum Gasteiger partial charge on any atom is -0.272 e. The van der Waals surface area contributed by atoms with Gasteiger partial charge in [-0.1, -0.05) is 23.5 Å². The van der Waals surface area contributed by atoms with Crippen LogP contribution in [0.2, 0.25) is 0 Å². The highest BCUT2D eigenvalue weighted by molar-refractivity contribution is 7.19. The van der Waals surface area contributed by atoms with Crippen molar-refractivity contribution in [1.82, 2.24) is 29.6 Å². The van der Waals surface area contributed by atoms with E-state index in [1.165, 1.54) is 17.4 Å². The number of halogens is 3. The molecule has 0 amide bonds. The molecule has 0 aliphatic heterocycles. The normalized spacial score (nSPS) is 12.2. The van der Waals surface area contributed by atoms with Crippen LogP contribution in [0, 0.1) is 13.8 Å². The van der Waals surface area contributed by atoms with Gasteiger partial charge in [-0.2, -0.15) is 27.9 Å². The lowest BCUT2D eigenvalue weighted by molar-refractivity contribution is -0.137. The summed E-state index contributed by atoms with van der Waals surface area (Å²) in [6, 6.07) is 5.10. The van der Waals surface area contributed by atoms with E-state index >= 15 is 0 Å². The topological polar surface area (TPSA) is 60.9 Å². The average molecular weight is 378 g/mol. The van der Waals surface area contributed by atoms with Crippen molar-refractivity contribution in [3.8, 4) is 22.0 Å². The summed E-state index contributed by atoms with van der Waals surface area (Å²) in [4.78, 5) is 0.509. The van der Waals surface area contributed by atoms with Crippen molar-refractivity contribution in [2.24, 2.45) is 7.05 Å². The summed E-state index contributed by atoms with van der Waals surface area (Å²) in [6.07, 6.45) is -4.40. The van der Waals surface area contributed by atoms with Crippen LogP contribution >= 0.6 is 11.3 Å². The molecule has 1 aromatic carbocycles. The molecule has 0 unspecified atom stereocenters. The molecule has 10 heteroatoms. The molecule has 0 N–H and O–H groups in total. The van der Waals surface area contributed by atoms with Crippen LogP contribution in [0.5, 0.6) is 0 Å². The van der Waals surface area contributed by atoms with Gasteiger partial charge in [0, 0.05) is 18.3 Å². The van der Waals surface area contributed by atoms with Crippen molar-refractivity contribution in [1.29, 1.82) is 0 Å². The van der Waals surface area contributed by atoms with Crippen LogP contribution in [0.15, 0.2) is 24.3 Å². The molecule has 0 spiro atoms. The fraction of sp³-hybridized carbons (Fsp3) is 0.250. The molecule has 0 aliphatic carbocycles. The minimum atomic E-state index is -4.40. The van der Waals surface area contributed by atoms with Crippen molar-refractivity contribution in [3.63, 3.8) is 0 Å². The van der Waals surface area contributed by atoms with Gasteiger partial charge in [-0.05, 0) is 26.0 Å². The number of hydrogen-bond donors (Lipinski definition) is 0. The Morgan fingerprint density at radius 2 is 1.85 bits per heavy atom. The molecule has 0 fully saturated rings. The molecule has 0 atom stereocenters. The molecule has 4 aromatic rings. The summed E-state index contributed by atoms with van der Waals surface area (Å²) in [5.74, 6) is 0.526. The zero-order valence-corrected chi connectivity index (χ0v) is 14.9. The van der Waals surface area contributed by atoms with Crippen LogP contribution < -0.4 is 0 Å². The highest BCUT2D eigenvalue weighted by Gasteiger charge is 2.31. The molecule has 134 valence electrons. The summed E-state index contributed by atoms with van der Waals surface area (Å²) < 4.78 is 42.1. The van der Waals surface area contributed by atoms with Crippen LogP contribution in [0.3, 0.4) is 0 Å². The van der Waals surface area contributed by atoms with Gasteiger partial charge in [0.05, 0.1) is 16.8 Å². The molecule has 26 heavy (non-hydrogen) atoms. The van der Waals surface area contributed by atoms with Crippen molar-refractivity contribution in [2.45, 2.75) is 20.0 Å². The lowest BCUT2D eigenvalue weighted by atomic mass is 10.1. The maximum Gasteiger partial charge on any atom is 0.416 e. The van der Waals surface area contributed by atoms with Gasteiger partial charge in [-0.25, -0.2) is 0 Å². The Hall–Kier alpha value is -2.75. The molecule has 0 saturated heterocycles. The molecule has 4 rings (SSSR count). The number of nitrogens with zero attached hydrogens (tertiary/aromatic N) is 6. The summed E-state index contributed by atoms with van der Waals surface area (Å²) >= 11 is 1.19. The van der Waals surface area contributed by atoms with E-state index < -0.39 is 11.7 Å². The van der Waals surface area contributed by atoms with Crippen molar-refractivity contribution in [2.75, 3.05) is 0 Å². The van der Waals surface area contributed by atoms with E-state index in [1.807, 2.05) is 20.9 Å². The third-order valence-electron chi connectivity index (χ3n) is 4.16. The Morgan fingerprint density at radius 3 is 2.50 bits per heavy atom. The van der Waals surface area contributed by atoms with E-state index in [9.17, 15) is 13.2 Å². The fourth-order valence-corrected chi connectivity index (χ4v) is 3.65. The van der Waals surface area contributed by atoms with Gasteiger partial charge in [0.1, 0.15) is 5.01 Å². The molecule has 0 bridgehead atoms. The Labute approximate surface area is 149 Å². The van der Waals surface area contributed by atoms with Crippen LogP contribution in [0.25, 0.3) is 26.9 Å². The van der Waals surface area contributed by atoms with E-state index in [1.54, 1.807) is 15.3 Å². The first-order chi connectivity index (χ1) is 12.3. The molecule has 0 aliphatic rings. The highest BCUT2D eigenvalue weighted by Crippen LogP contribution is 2.34. The number of aryl methyl sites for hydroxylation is 2. The van der Waals surface area contributed by atoms with Gasteiger partial charge in [-0.15, -0.1) is 10.2 Å². The van der Waals surface area contributed by atoms with Gasteiger partial charge in [0.2, 0.25) is 4.96 Å². The third kappa shape index (κ3) is 2.57. The molecule has 3 aromatic heterocycles. The number of alkyl halides is 3. The van der Waals surface area contributed by atoms with Crippen molar-refractivity contribution >= 4 is 16.3 Å². The number of hydrogen-bond acceptors (Lipinski definition) is 5. The predicted molar refractivity (Wildman–Crippen MR) is 90.8 cm³/mol. The standard InChI is InChI=1S/C16H13F3N6S/c1-8-12(9(2)24(3)22-8)13-20-21-15-25(13)23-14(26-15)10-5-4-6-11(7-10)16(17,18)19/h4-7H,1-3H3. The zero-order chi connectivity index (χ0) is 18.6. The van der Waals surface area contributed by atoms with E-state index in [4.69, 9.17) is 0 Å². The van der Waals surface area contributed by atoms with Crippen molar-refractivity contribution in [3.05, 3.63) is 41.2 Å². The highest BCUT2D eigenvalue weighted by atomic mass is 32.1. The number of rotatable bonds is 2. The molecule has 6 nitrogen and oxygen atoms in total. The second kappa shape index (κ2) is 5.63. The molecule has 3 heterocycles. The minimum absolute atomic E-state index is 0.390. The molecule has 0 radical (unpaired) electrons. The molecule has 0 saturated carbocycles. The number of benzene rings is 1. The number of aromatic nitrogens is 6. The zero-order valence-electron chi connectivity index (χ0n) is 14.0. The lowest BCUT2D eigenvalue weighted by Crippen LogP contribution is -2.04. The Balaban J connectivity index is 1.85. The molecular formula is C16H13F3N6S. The second-order valence-electron chi connectivity index (χ2n) is 5.87. The van der Waals surface area contributed by atoms with Gasteiger partial charge in [-0.3, -0.25) is 4.68 Å². The first-order valence-corrected chi connectivity index (χ1v) is 8.48. The van der Waals surface area contributed by atoms with Gasteiger partial charge in [0.15, 0.2) is 5.82 Å². The summed E-state index contributed by atoms with van der Waals surface area (Å²) in [5, 5.41) is 17.5. The number of fused-ring (bicyclic) bond motifs is 1. The predicted octanol–water partition coefficient (Wildman–Crippen LogP) is 3.89. The van der Waals surface area contributed by atoms with E-state index in [0.29, 0.717) is 21.4 Å². The third-order valence-corrected chi connectivity index (χ3v) is 5.11. The summed E-state index contributed by atoms with van der Waals surface area (Å²) in [6.45, 7) is 3.78. The van der Waals surface area contributed by atoms with Crippen LogP contribution in [0.1, 0.15) is 17.0 Å². The van der Waals surface area contributed by atoms with Gasteiger partial charge >= 0.3 is 6.18 Å². The first-order valence-electron chi connectivity index (χ1n) is 7.66. The van der Waals surface area contributed by atoms with Crippen LogP contribution in [-0.4, -0.2) is 29.6 Å². The smallest absolute Gasteiger partial charge is 0.272 e. The Kier molecular flexibility index (Phi) is 3.62. The van der Waals surface area contributed by atoms with Crippen LogP contribution in [0.4, 0.5) is 13.2 Å². The summed E-state index contributed by atoms with van der Waals surface area (Å²) in [7, 11) is 1.83. The molecular weight excluding hydrogens is 365 g/mol. The van der Waals surface area contributed by atoms with E-state index in [-0.39, 0.29) is 0 Å². The maximum atomic E-state index is 13.0. The monoisotopic (exact) mass is 378 g/mol. The maximum absolute atomic E-state index is 13.0. The van der Waals surface area contributed by atoms with Gasteiger partial charge < -0.3 is 0 Å². The van der Waals surface area contributed by atoms with E-state index in [2.05, 4.69) is 20.4 Å². The fourth-order valence-electron chi connectivity index (χ4n) is 2.82. The first kappa shape index (κ1) is 16.7. The SMILES string of the molecule is Cc1nn(C)c(C)c1-c1nnc2sc(-c3cccc(C(F)(F)F)c3)nn12. The van der Waals surface area contributed by atoms with E-state index in [0.717, 1.165) is 29.1 Å². The largest absolute Gasteiger partial charge is 0.416 e. The van der Waals surface area contributed by atoms with Crippen molar-refractivity contribution < 1.29 is 13.2 Å². The quantitative estimate of drug-likeness (QED) is 0.531. The second-order valence-corrected chi connectivity index (χ2v) is 6.83. The summed E-state index contributed by atoms with van der Waals surface area (Å²) in [5.41, 5.74) is 2.19. The Bertz CT molecular complexity index is 1120. The average Bonchev–Trinajstić information content (AvgIpc) is 3.22. The Morgan fingerprint density at radius 1 is 1.08 bits per heavy atom.